The number of benzene rings is 2. The second-order valence-electron chi connectivity index (χ2n) is 6.07. The zero-order chi connectivity index (χ0) is 20.5. The summed E-state index contributed by atoms with van der Waals surface area (Å²) in [5, 5.41) is 39.7. The Morgan fingerprint density at radius 1 is 0.786 bits per heavy atom. The van der Waals surface area contributed by atoms with Crippen LogP contribution >= 0.6 is 0 Å². The molecule has 150 valence electrons. The molecule has 0 radical (unpaired) electrons. The Labute approximate surface area is 161 Å². The van der Waals surface area contributed by atoms with E-state index in [1.54, 1.807) is 48.5 Å². The molecule has 0 spiro atoms. The molecular formula is C20H22O8. The predicted molar refractivity (Wildman–Crippen MR) is 97.4 cm³/mol. The molecule has 4 atom stereocenters. The molecule has 2 aromatic carbocycles. The number of hydrogen-bond donors (Lipinski definition) is 4. The summed E-state index contributed by atoms with van der Waals surface area (Å²) in [6, 6.07) is 16.2. The topological polar surface area (TPSA) is 134 Å². The van der Waals surface area contributed by atoms with Crippen molar-refractivity contribution in [1.82, 2.24) is 0 Å². The smallest absolute Gasteiger partial charge is 0.338 e. The molecule has 0 heterocycles. The lowest BCUT2D eigenvalue weighted by molar-refractivity contribution is -0.145. The number of carbonyl (C=O) groups is 2. The highest BCUT2D eigenvalue weighted by molar-refractivity contribution is 5.89. The van der Waals surface area contributed by atoms with Crippen molar-refractivity contribution in [2.24, 2.45) is 0 Å². The van der Waals surface area contributed by atoms with Crippen LogP contribution in [0, 0.1) is 0 Å². The highest BCUT2D eigenvalue weighted by Gasteiger charge is 2.32. The number of esters is 2. The van der Waals surface area contributed by atoms with Crippen molar-refractivity contribution in [3.8, 4) is 5.75 Å². The summed E-state index contributed by atoms with van der Waals surface area (Å²) in [5.41, 5.74) is 0.258. The minimum atomic E-state index is -1.85. The third-order valence-electron chi connectivity index (χ3n) is 3.88. The van der Waals surface area contributed by atoms with Crippen molar-refractivity contribution in [3.05, 3.63) is 66.2 Å². The average molecular weight is 390 g/mol. The van der Waals surface area contributed by atoms with Crippen molar-refractivity contribution in [2.45, 2.75) is 30.8 Å². The van der Waals surface area contributed by atoms with Crippen LogP contribution in [0.25, 0.3) is 0 Å². The monoisotopic (exact) mass is 390 g/mol. The molecular weight excluding hydrogens is 368 g/mol. The van der Waals surface area contributed by atoms with E-state index in [2.05, 4.69) is 0 Å². The molecule has 0 fully saturated rings. The number of carbonyl (C=O) groups excluding carboxylic acids is 2. The van der Waals surface area contributed by atoms with Crippen LogP contribution in [-0.4, -0.2) is 63.4 Å². The van der Waals surface area contributed by atoms with Gasteiger partial charge in [-0.15, -0.1) is 0 Å². The van der Waals surface area contributed by atoms with E-state index < -0.39 is 49.4 Å². The number of ether oxygens (including phenoxy) is 2. The van der Waals surface area contributed by atoms with Gasteiger partial charge >= 0.3 is 11.9 Å². The fraction of sp³-hybridized carbons (Fsp3) is 0.300. The van der Waals surface area contributed by atoms with E-state index >= 15 is 0 Å². The standard InChI is InChI=1S/C20H22O8/c21-15(11-17(23)28-14-9-5-2-6-10-14)18(24)19(25)16(22)12-27-20(26)13-7-3-1-4-8-13/h1-10,15-16,18-19,21-22,24-25H,11-12H2/t15-,16-,18-,19-/m1/s1. The fourth-order valence-corrected chi connectivity index (χ4v) is 2.33. The maximum atomic E-state index is 11.8. The molecule has 0 saturated heterocycles. The van der Waals surface area contributed by atoms with E-state index in [1.807, 2.05) is 0 Å². The van der Waals surface area contributed by atoms with E-state index in [0.29, 0.717) is 0 Å². The number of aliphatic hydroxyl groups is 4. The van der Waals surface area contributed by atoms with Crippen LogP contribution in [0.15, 0.2) is 60.7 Å². The van der Waals surface area contributed by atoms with Gasteiger partial charge in [0.25, 0.3) is 0 Å². The quantitative estimate of drug-likeness (QED) is 0.354. The van der Waals surface area contributed by atoms with Gasteiger partial charge in [0.05, 0.1) is 18.1 Å². The Morgan fingerprint density at radius 3 is 1.93 bits per heavy atom. The second kappa shape index (κ2) is 10.5. The zero-order valence-electron chi connectivity index (χ0n) is 14.9. The van der Waals surface area contributed by atoms with E-state index in [-0.39, 0.29) is 11.3 Å². The molecule has 0 saturated carbocycles. The van der Waals surface area contributed by atoms with Crippen LogP contribution in [0.5, 0.6) is 5.75 Å². The number of aliphatic hydroxyl groups excluding tert-OH is 4. The van der Waals surface area contributed by atoms with Crippen molar-refractivity contribution in [3.63, 3.8) is 0 Å². The fourth-order valence-electron chi connectivity index (χ4n) is 2.33. The van der Waals surface area contributed by atoms with Crippen LogP contribution in [0.2, 0.25) is 0 Å². The first kappa shape index (κ1) is 21.5. The van der Waals surface area contributed by atoms with Gasteiger partial charge in [-0.2, -0.15) is 0 Å². The Balaban J connectivity index is 1.80. The van der Waals surface area contributed by atoms with Crippen molar-refractivity contribution >= 4 is 11.9 Å². The first-order valence-electron chi connectivity index (χ1n) is 8.58. The van der Waals surface area contributed by atoms with Gasteiger partial charge in [-0.3, -0.25) is 4.79 Å². The van der Waals surface area contributed by atoms with Gasteiger partial charge in [0.15, 0.2) is 0 Å². The zero-order valence-corrected chi connectivity index (χ0v) is 14.9. The molecule has 2 aromatic rings. The Hall–Kier alpha value is -2.78. The summed E-state index contributed by atoms with van der Waals surface area (Å²) in [5.74, 6) is -1.27. The first-order chi connectivity index (χ1) is 13.4. The summed E-state index contributed by atoms with van der Waals surface area (Å²) in [6.07, 6.45) is -7.66. The Bertz CT molecular complexity index is 749. The molecule has 8 heteroatoms. The molecule has 0 bridgehead atoms. The van der Waals surface area contributed by atoms with Crippen LogP contribution in [-0.2, 0) is 9.53 Å². The van der Waals surface area contributed by atoms with Crippen LogP contribution in [0.1, 0.15) is 16.8 Å². The van der Waals surface area contributed by atoms with Crippen molar-refractivity contribution in [2.75, 3.05) is 6.61 Å². The molecule has 8 nitrogen and oxygen atoms in total. The maximum Gasteiger partial charge on any atom is 0.338 e. The highest BCUT2D eigenvalue weighted by Crippen LogP contribution is 2.13. The molecule has 4 N–H and O–H groups in total. The van der Waals surface area contributed by atoms with Gasteiger partial charge < -0.3 is 29.9 Å². The lowest BCUT2D eigenvalue weighted by atomic mass is 10.0. The van der Waals surface area contributed by atoms with Gasteiger partial charge in [-0.1, -0.05) is 36.4 Å². The Kier molecular flexibility index (Phi) is 8.09. The van der Waals surface area contributed by atoms with Gasteiger partial charge in [0.1, 0.15) is 30.7 Å². The van der Waals surface area contributed by atoms with E-state index in [4.69, 9.17) is 9.47 Å². The summed E-state index contributed by atoms with van der Waals surface area (Å²) >= 11 is 0. The minimum Gasteiger partial charge on any atom is -0.459 e. The minimum absolute atomic E-state index is 0.258. The molecule has 0 amide bonds. The maximum absolute atomic E-state index is 11.8. The van der Waals surface area contributed by atoms with Crippen LogP contribution in [0.4, 0.5) is 0 Å². The molecule has 0 aromatic heterocycles. The summed E-state index contributed by atoms with van der Waals surface area (Å²) in [4.78, 5) is 23.6. The van der Waals surface area contributed by atoms with Crippen LogP contribution in [0.3, 0.4) is 0 Å². The summed E-state index contributed by atoms with van der Waals surface area (Å²) < 4.78 is 9.85. The third-order valence-corrected chi connectivity index (χ3v) is 3.88. The lowest BCUT2D eigenvalue weighted by Crippen LogP contribution is -2.47. The largest absolute Gasteiger partial charge is 0.459 e. The van der Waals surface area contributed by atoms with E-state index in [0.717, 1.165) is 0 Å². The lowest BCUT2D eigenvalue weighted by Gasteiger charge is -2.25. The third kappa shape index (κ3) is 6.43. The van der Waals surface area contributed by atoms with Crippen LogP contribution < -0.4 is 4.74 Å². The molecule has 0 unspecified atom stereocenters. The van der Waals surface area contributed by atoms with E-state index in [1.165, 1.54) is 12.1 Å². The SMILES string of the molecule is O=C(C[C@@H](O)[C@@H](O)[C@H](O)[C@H](O)COC(=O)c1ccccc1)Oc1ccccc1. The van der Waals surface area contributed by atoms with Gasteiger partial charge in [-0.05, 0) is 24.3 Å². The number of para-hydroxylation sites is 1. The average Bonchev–Trinajstić information content (AvgIpc) is 2.71. The highest BCUT2D eigenvalue weighted by atomic mass is 16.5. The second-order valence-corrected chi connectivity index (χ2v) is 6.07. The Morgan fingerprint density at radius 2 is 1.32 bits per heavy atom. The van der Waals surface area contributed by atoms with Crippen molar-refractivity contribution < 1.29 is 39.5 Å². The van der Waals surface area contributed by atoms with E-state index in [9.17, 15) is 30.0 Å². The van der Waals surface area contributed by atoms with Gasteiger partial charge in [0, 0.05) is 0 Å². The summed E-state index contributed by atoms with van der Waals surface area (Å²) in [7, 11) is 0. The molecule has 2 rings (SSSR count). The normalized spacial score (nSPS) is 15.1. The number of hydrogen-bond acceptors (Lipinski definition) is 8. The van der Waals surface area contributed by atoms with Gasteiger partial charge in [-0.25, -0.2) is 4.79 Å². The summed E-state index contributed by atoms with van der Waals surface area (Å²) in [6.45, 7) is -0.604. The molecule has 28 heavy (non-hydrogen) atoms. The molecule has 0 aliphatic carbocycles. The first-order valence-corrected chi connectivity index (χ1v) is 8.58. The van der Waals surface area contributed by atoms with Gasteiger partial charge in [0.2, 0.25) is 0 Å². The molecule has 0 aliphatic heterocycles. The van der Waals surface area contributed by atoms with Crippen molar-refractivity contribution in [1.29, 1.82) is 0 Å². The molecule has 0 aliphatic rings. The number of rotatable bonds is 9. The predicted octanol–water partition coefficient (Wildman–Crippen LogP) is 0.283.